The van der Waals surface area contributed by atoms with Crippen molar-refractivity contribution in [3.63, 3.8) is 0 Å². The van der Waals surface area contributed by atoms with Crippen LogP contribution in [0.25, 0.3) is 10.9 Å². The molecule has 210 valence electrons. The molecule has 0 aliphatic carbocycles. The Hall–Kier alpha value is -2.45. The number of hydrogen-bond acceptors (Lipinski definition) is 6. The van der Waals surface area contributed by atoms with Crippen LogP contribution in [0.1, 0.15) is 5.56 Å². The maximum absolute atomic E-state index is 15.2. The molecule has 4 atom stereocenters. The number of nitrogens with one attached hydrogen (secondary N) is 1. The topological polar surface area (TPSA) is 68.6 Å². The summed E-state index contributed by atoms with van der Waals surface area (Å²) < 4.78 is 84.6. The van der Waals surface area contributed by atoms with E-state index in [4.69, 9.17) is 21.1 Å². The van der Waals surface area contributed by atoms with E-state index in [0.717, 1.165) is 18.2 Å². The zero-order valence-corrected chi connectivity index (χ0v) is 22.2. The van der Waals surface area contributed by atoms with Crippen molar-refractivity contribution < 1.29 is 31.4 Å². The van der Waals surface area contributed by atoms with Gasteiger partial charge in [0, 0.05) is 47.2 Å². The van der Waals surface area contributed by atoms with Crippen molar-refractivity contribution >= 4 is 39.2 Å². The Labute approximate surface area is 227 Å². The van der Waals surface area contributed by atoms with Crippen LogP contribution in [0, 0.1) is 11.6 Å². The number of nitrogens with zero attached hydrogens (tertiary/aromatic N) is 3. The number of thiol groups is 1. The van der Waals surface area contributed by atoms with Crippen molar-refractivity contribution in [1.82, 2.24) is 14.9 Å². The maximum Gasteiger partial charge on any atom is 0.416 e. The Balaban J connectivity index is 1.68. The Kier molecular flexibility index (Phi) is 6.78. The fourth-order valence-corrected chi connectivity index (χ4v) is 8.61. The van der Waals surface area contributed by atoms with E-state index in [2.05, 4.69) is 10.3 Å². The highest BCUT2D eigenvalue weighted by Crippen LogP contribution is 2.53. The lowest BCUT2D eigenvalue weighted by Gasteiger charge is -2.38. The third kappa shape index (κ3) is 4.57. The number of fused-ring (bicyclic) bond motifs is 1. The minimum Gasteiger partial charge on any atom is -0.379 e. The SMILES string of the molecule is CO[C@H]1Cn2c(=O)nc(N3CCN[C@H]4COC[C@H]43)c3cc(C(F)(F)F)cc(c32)[SH](c2cc(Cl)c(F)cc2F)C1. The molecule has 0 bridgehead atoms. The van der Waals surface area contributed by atoms with E-state index in [9.17, 15) is 22.4 Å². The summed E-state index contributed by atoms with van der Waals surface area (Å²) in [6.07, 6.45) is -5.39. The third-order valence-electron chi connectivity index (χ3n) is 7.52. The minimum atomic E-state index is -4.74. The van der Waals surface area contributed by atoms with Crippen LogP contribution in [0.4, 0.5) is 27.8 Å². The van der Waals surface area contributed by atoms with Crippen LogP contribution in [-0.2, 0) is 22.2 Å². The van der Waals surface area contributed by atoms with E-state index in [-0.39, 0.29) is 55.9 Å². The number of anilines is 1. The van der Waals surface area contributed by atoms with Gasteiger partial charge in [-0.3, -0.25) is 4.57 Å². The summed E-state index contributed by atoms with van der Waals surface area (Å²) in [7, 11) is -0.493. The van der Waals surface area contributed by atoms with Gasteiger partial charge >= 0.3 is 11.9 Å². The molecule has 7 nitrogen and oxygen atoms in total. The first-order chi connectivity index (χ1) is 18.6. The average Bonchev–Trinajstić information content (AvgIpc) is 3.31. The molecule has 0 amide bonds. The molecule has 6 rings (SSSR count). The zero-order chi connectivity index (χ0) is 27.6. The quantitative estimate of drug-likeness (QED) is 0.273. The average molecular weight is 591 g/mol. The van der Waals surface area contributed by atoms with Crippen molar-refractivity contribution in [2.24, 2.45) is 0 Å². The number of hydrogen-bond donors (Lipinski definition) is 2. The van der Waals surface area contributed by atoms with Crippen molar-refractivity contribution in [1.29, 1.82) is 0 Å². The Morgan fingerprint density at radius 1 is 1.15 bits per heavy atom. The number of ether oxygens (including phenoxy) is 2. The fourth-order valence-electron chi connectivity index (χ4n) is 5.64. The van der Waals surface area contributed by atoms with E-state index in [1.807, 2.05) is 4.90 Å². The number of methoxy groups -OCH3 is 1. The Morgan fingerprint density at radius 3 is 2.69 bits per heavy atom. The van der Waals surface area contributed by atoms with Crippen LogP contribution in [0.2, 0.25) is 5.02 Å². The summed E-state index contributed by atoms with van der Waals surface area (Å²) in [5.74, 6) is -1.69. The molecule has 3 aromatic rings. The maximum atomic E-state index is 15.2. The fraction of sp³-hybridized carbons (Fsp3) is 0.440. The predicted molar refractivity (Wildman–Crippen MR) is 137 cm³/mol. The van der Waals surface area contributed by atoms with Gasteiger partial charge in [0.1, 0.15) is 17.5 Å². The number of piperazine rings is 1. The summed E-state index contributed by atoms with van der Waals surface area (Å²) in [6, 6.07) is 3.41. The first kappa shape index (κ1) is 26.8. The van der Waals surface area contributed by atoms with Gasteiger partial charge < -0.3 is 19.7 Å². The number of benzene rings is 2. The second kappa shape index (κ2) is 9.88. The van der Waals surface area contributed by atoms with E-state index >= 15 is 4.39 Å². The van der Waals surface area contributed by atoms with Gasteiger partial charge in [0.2, 0.25) is 0 Å². The van der Waals surface area contributed by atoms with Crippen molar-refractivity contribution in [2.45, 2.75) is 40.7 Å². The minimum absolute atomic E-state index is 0.00355. The number of rotatable bonds is 3. The first-order valence-corrected chi connectivity index (χ1v) is 14.2. The number of aromatic nitrogens is 2. The van der Waals surface area contributed by atoms with Gasteiger partial charge in [0.05, 0.1) is 54.0 Å². The molecule has 39 heavy (non-hydrogen) atoms. The van der Waals surface area contributed by atoms with Crippen LogP contribution in [0.3, 0.4) is 0 Å². The molecule has 14 heteroatoms. The van der Waals surface area contributed by atoms with E-state index < -0.39 is 46.1 Å². The van der Waals surface area contributed by atoms with Gasteiger partial charge in [0.25, 0.3) is 0 Å². The zero-order valence-electron chi connectivity index (χ0n) is 20.6. The number of halogens is 6. The smallest absolute Gasteiger partial charge is 0.379 e. The van der Waals surface area contributed by atoms with Gasteiger partial charge in [0.15, 0.2) is 0 Å². The Morgan fingerprint density at radius 2 is 1.95 bits per heavy atom. The summed E-state index contributed by atoms with van der Waals surface area (Å²) in [6.45, 7) is 1.69. The molecule has 1 unspecified atom stereocenters. The van der Waals surface area contributed by atoms with Gasteiger partial charge in [-0.05, 0) is 18.2 Å². The summed E-state index contributed by atoms with van der Waals surface area (Å²) in [5, 5.41) is 3.12. The first-order valence-electron chi connectivity index (χ1n) is 12.2. The molecule has 0 saturated carbocycles. The second-order valence-corrected chi connectivity index (χ2v) is 12.4. The van der Waals surface area contributed by atoms with Crippen molar-refractivity contribution in [3.05, 3.63) is 57.0 Å². The molecule has 3 aliphatic rings. The molecule has 4 heterocycles. The summed E-state index contributed by atoms with van der Waals surface area (Å²) in [5.41, 5.74) is -1.37. The molecular formula is C25H24ClF5N4O3S. The van der Waals surface area contributed by atoms with Gasteiger partial charge in [-0.25, -0.2) is 13.6 Å². The molecule has 0 radical (unpaired) electrons. The second-order valence-electron chi connectivity index (χ2n) is 9.76. The highest BCUT2D eigenvalue weighted by atomic mass is 35.5. The van der Waals surface area contributed by atoms with Gasteiger partial charge in [-0.2, -0.15) is 29.1 Å². The number of alkyl halides is 3. The predicted octanol–water partition coefficient (Wildman–Crippen LogP) is 3.97. The monoisotopic (exact) mass is 590 g/mol. The van der Waals surface area contributed by atoms with Crippen LogP contribution in [0.15, 0.2) is 38.9 Å². The van der Waals surface area contributed by atoms with E-state index in [1.54, 1.807) is 0 Å². The van der Waals surface area contributed by atoms with E-state index in [0.29, 0.717) is 32.4 Å². The molecule has 2 fully saturated rings. The van der Waals surface area contributed by atoms with Gasteiger partial charge in [-0.15, -0.1) is 0 Å². The molecule has 1 N–H and O–H groups in total. The van der Waals surface area contributed by atoms with Crippen LogP contribution in [0.5, 0.6) is 0 Å². The third-order valence-corrected chi connectivity index (χ3v) is 10.4. The molecule has 1 aromatic heterocycles. The van der Waals surface area contributed by atoms with Crippen LogP contribution < -0.4 is 15.9 Å². The standard InChI is InChI=1S/C25H24ClF5N4O3S/c1-37-13-8-35-22-14(23(33-24(35)36)34-3-2-32-18-9-38-10-19(18)34)4-12(25(29,30)31)5-21(22)39(11-13)20-6-15(26)16(27)7-17(20)28/h4-7,13,18-19,32,39H,2-3,8-11H2,1H3/t13-,18-,19+/m0/s1. The summed E-state index contributed by atoms with van der Waals surface area (Å²) in [4.78, 5) is 19.7. The molecule has 3 aliphatic heterocycles. The van der Waals surface area contributed by atoms with Crippen LogP contribution >= 0.6 is 22.5 Å². The lowest BCUT2D eigenvalue weighted by molar-refractivity contribution is -0.137. The lowest BCUT2D eigenvalue weighted by Crippen LogP contribution is -2.58. The lowest BCUT2D eigenvalue weighted by atomic mass is 10.0. The van der Waals surface area contributed by atoms with E-state index in [1.165, 1.54) is 11.7 Å². The molecule has 0 spiro atoms. The molecule has 2 saturated heterocycles. The van der Waals surface area contributed by atoms with Crippen molar-refractivity contribution in [3.8, 4) is 0 Å². The van der Waals surface area contributed by atoms with Gasteiger partial charge in [-0.1, -0.05) is 11.6 Å². The summed E-state index contributed by atoms with van der Waals surface area (Å²) >= 11 is 5.99. The highest BCUT2D eigenvalue weighted by Gasteiger charge is 2.40. The normalized spacial score (nSPS) is 26.1. The van der Waals surface area contributed by atoms with Crippen molar-refractivity contribution in [2.75, 3.05) is 44.1 Å². The molecular weight excluding hydrogens is 567 g/mol. The van der Waals surface area contributed by atoms with Crippen LogP contribution in [-0.4, -0.2) is 66.9 Å². The highest BCUT2D eigenvalue weighted by molar-refractivity contribution is 8.17. The Bertz CT molecular complexity index is 1520. The largest absolute Gasteiger partial charge is 0.416 e. The molecule has 2 aromatic carbocycles.